The average Bonchev–Trinajstić information content (AvgIpc) is 3.28. The zero-order valence-electron chi connectivity index (χ0n) is 24.3. The normalized spacial score (nSPS) is 22.5. The van der Waals surface area contributed by atoms with E-state index >= 15 is 0 Å². The summed E-state index contributed by atoms with van der Waals surface area (Å²) in [7, 11) is 1.14. The van der Waals surface area contributed by atoms with Crippen LogP contribution < -0.4 is 5.32 Å². The van der Waals surface area contributed by atoms with Crippen molar-refractivity contribution in [2.75, 3.05) is 33.3 Å². The molecule has 234 valence electrons. The molecule has 3 atom stereocenters. The van der Waals surface area contributed by atoms with Crippen LogP contribution in [-0.4, -0.2) is 99.5 Å². The molecule has 2 unspecified atom stereocenters. The molecule has 0 saturated carbocycles. The quantitative estimate of drug-likeness (QED) is 0.464. The third-order valence-electron chi connectivity index (χ3n) is 7.88. The van der Waals surface area contributed by atoms with Gasteiger partial charge in [-0.05, 0) is 32.9 Å². The molecule has 0 aliphatic carbocycles. The van der Waals surface area contributed by atoms with E-state index in [1.807, 2.05) is 20.8 Å². The summed E-state index contributed by atoms with van der Waals surface area (Å²) < 4.78 is 47.7. The number of aliphatic carboxylic acids is 1. The molecular formula is C29H30ClF3N6O5. The molecule has 0 bridgehead atoms. The van der Waals surface area contributed by atoms with Crippen LogP contribution in [-0.2, 0) is 14.3 Å². The van der Waals surface area contributed by atoms with Crippen LogP contribution in [0.25, 0.3) is 0 Å². The smallest absolute Gasteiger partial charge is 0.338 e. The van der Waals surface area contributed by atoms with Crippen LogP contribution in [0.2, 0.25) is 5.02 Å². The van der Waals surface area contributed by atoms with E-state index in [4.69, 9.17) is 16.3 Å². The Bertz CT molecular complexity index is 1600. The zero-order valence-corrected chi connectivity index (χ0v) is 25.0. The zero-order chi connectivity index (χ0) is 32.1. The van der Waals surface area contributed by atoms with Gasteiger partial charge in [0.25, 0.3) is 0 Å². The van der Waals surface area contributed by atoms with Gasteiger partial charge in [-0.3, -0.25) is 14.7 Å². The summed E-state index contributed by atoms with van der Waals surface area (Å²) in [6, 6.07) is 0.657. The van der Waals surface area contributed by atoms with Crippen LogP contribution in [0, 0.1) is 17.5 Å². The predicted octanol–water partition coefficient (Wildman–Crippen LogP) is 3.34. The molecule has 11 nitrogen and oxygen atoms in total. The molecule has 15 heteroatoms. The maximum Gasteiger partial charge on any atom is 0.338 e. The van der Waals surface area contributed by atoms with Gasteiger partial charge in [0, 0.05) is 54.1 Å². The summed E-state index contributed by atoms with van der Waals surface area (Å²) >= 11 is 6.38. The van der Waals surface area contributed by atoms with Crippen molar-refractivity contribution in [3.63, 3.8) is 0 Å². The molecule has 4 heterocycles. The van der Waals surface area contributed by atoms with Crippen LogP contribution in [0.5, 0.6) is 0 Å². The molecule has 1 aromatic carbocycles. The minimum absolute atomic E-state index is 0.0855. The van der Waals surface area contributed by atoms with Gasteiger partial charge in [-0.25, -0.2) is 27.7 Å². The van der Waals surface area contributed by atoms with E-state index in [2.05, 4.69) is 15.3 Å². The highest BCUT2D eigenvalue weighted by molar-refractivity contribution is 6.31. The lowest BCUT2D eigenvalue weighted by Crippen LogP contribution is -2.62. The highest BCUT2D eigenvalue weighted by Crippen LogP contribution is 2.38. The number of amidine groups is 1. The van der Waals surface area contributed by atoms with Crippen molar-refractivity contribution in [3.05, 3.63) is 75.5 Å². The molecule has 3 aliphatic heterocycles. The summed E-state index contributed by atoms with van der Waals surface area (Å²) in [4.78, 5) is 52.2. The molecule has 5 rings (SSSR count). The third kappa shape index (κ3) is 5.71. The van der Waals surface area contributed by atoms with Crippen LogP contribution in [0.15, 0.2) is 46.7 Å². The number of carbonyl (C=O) groups is 3. The molecule has 0 radical (unpaired) electrons. The highest BCUT2D eigenvalue weighted by Gasteiger charge is 2.52. The van der Waals surface area contributed by atoms with Crippen molar-refractivity contribution < 1.29 is 37.4 Å². The number of fused-ring (bicyclic) bond motifs is 1. The number of ether oxygens (including phenoxy) is 1. The maximum absolute atomic E-state index is 15.0. The number of piperazine rings is 1. The van der Waals surface area contributed by atoms with Crippen molar-refractivity contribution >= 4 is 35.4 Å². The van der Waals surface area contributed by atoms with Gasteiger partial charge in [0.1, 0.15) is 29.4 Å². The monoisotopic (exact) mass is 634 g/mol. The van der Waals surface area contributed by atoms with Gasteiger partial charge in [-0.15, -0.1) is 0 Å². The Morgan fingerprint density at radius 1 is 1.16 bits per heavy atom. The summed E-state index contributed by atoms with van der Waals surface area (Å²) in [5.74, 6) is -4.86. The number of hydrogen-bond donors (Lipinski definition) is 2. The number of aromatic nitrogens is 1. The molecule has 1 aromatic heterocycles. The van der Waals surface area contributed by atoms with Gasteiger partial charge in [0.15, 0.2) is 11.7 Å². The maximum atomic E-state index is 15.0. The first-order valence-electron chi connectivity index (χ1n) is 13.7. The molecule has 3 aliphatic rings. The lowest BCUT2D eigenvalue weighted by molar-refractivity contribution is -0.147. The Balaban J connectivity index is 1.61. The number of methoxy groups -OCH3 is 1. The lowest BCUT2D eigenvalue weighted by atomic mass is 9.94. The first-order valence-corrected chi connectivity index (χ1v) is 14.1. The van der Waals surface area contributed by atoms with Gasteiger partial charge >= 0.3 is 18.0 Å². The lowest BCUT2D eigenvalue weighted by Gasteiger charge is -2.42. The van der Waals surface area contributed by atoms with E-state index in [9.17, 15) is 32.7 Å². The summed E-state index contributed by atoms with van der Waals surface area (Å²) in [5.41, 5.74) is -0.744. The van der Waals surface area contributed by atoms with E-state index in [-0.39, 0.29) is 65.6 Å². The fourth-order valence-corrected chi connectivity index (χ4v) is 6.07. The van der Waals surface area contributed by atoms with Gasteiger partial charge in [0.2, 0.25) is 0 Å². The van der Waals surface area contributed by atoms with Crippen molar-refractivity contribution in [1.82, 2.24) is 25.0 Å². The van der Waals surface area contributed by atoms with Crippen molar-refractivity contribution in [3.8, 4) is 0 Å². The number of carboxylic acids is 1. The predicted molar refractivity (Wildman–Crippen MR) is 152 cm³/mol. The van der Waals surface area contributed by atoms with E-state index in [0.717, 1.165) is 25.4 Å². The number of rotatable bonds is 6. The fourth-order valence-electron chi connectivity index (χ4n) is 5.80. The molecule has 2 saturated heterocycles. The number of esters is 1. The summed E-state index contributed by atoms with van der Waals surface area (Å²) in [5, 5.41) is 13.2. The number of halogens is 4. The average molecular weight is 635 g/mol. The second-order valence-corrected chi connectivity index (χ2v) is 12.0. The number of amides is 2. The minimum atomic E-state index is -1.26. The molecule has 2 amide bonds. The largest absolute Gasteiger partial charge is 0.480 e. The topological polar surface area (TPSA) is 128 Å². The van der Waals surface area contributed by atoms with Crippen LogP contribution in [0.1, 0.15) is 38.1 Å². The van der Waals surface area contributed by atoms with Crippen LogP contribution >= 0.6 is 11.6 Å². The second-order valence-electron chi connectivity index (χ2n) is 11.6. The van der Waals surface area contributed by atoms with Gasteiger partial charge in [-0.1, -0.05) is 17.7 Å². The molecular weight excluding hydrogens is 605 g/mol. The summed E-state index contributed by atoms with van der Waals surface area (Å²) in [6.45, 7) is 5.88. The molecule has 2 aromatic rings. The number of carbonyl (C=O) groups excluding carboxylic acids is 2. The minimum Gasteiger partial charge on any atom is -0.480 e. The Morgan fingerprint density at radius 2 is 1.89 bits per heavy atom. The Kier molecular flexibility index (Phi) is 8.33. The summed E-state index contributed by atoms with van der Waals surface area (Å²) in [6.07, 6.45) is 0.791. The number of nitrogens with one attached hydrogen (secondary N) is 1. The van der Waals surface area contributed by atoms with Crippen LogP contribution in [0.4, 0.5) is 18.0 Å². The number of pyridine rings is 1. The number of nitrogens with zero attached hydrogens (tertiary/aromatic N) is 5. The van der Waals surface area contributed by atoms with Crippen molar-refractivity contribution in [2.24, 2.45) is 4.99 Å². The number of urea groups is 1. The SMILES string of the molecule is COC(=O)C1=C(CN2CCN3C(=O)N(C(C)(C)C)CC3C2C(=O)O)NC(c2ncc(F)cc2F)=N[C@H]1c1ccc(F)cc1Cl. The fraction of sp³-hybridized carbons (Fsp3) is 0.414. The molecule has 44 heavy (non-hydrogen) atoms. The first-order chi connectivity index (χ1) is 20.7. The Labute approximate surface area is 255 Å². The van der Waals surface area contributed by atoms with E-state index in [1.54, 1.807) is 9.80 Å². The van der Waals surface area contributed by atoms with Gasteiger partial charge in [0.05, 0.1) is 24.9 Å². The van der Waals surface area contributed by atoms with Gasteiger partial charge in [-0.2, -0.15) is 0 Å². The second kappa shape index (κ2) is 11.7. The third-order valence-corrected chi connectivity index (χ3v) is 8.20. The first kappa shape index (κ1) is 31.3. The number of benzene rings is 1. The highest BCUT2D eigenvalue weighted by atomic mass is 35.5. The number of carboxylic acid groups (broad SMARTS) is 1. The standard InChI is InChI=1S/C29H30ClF3N6O5/c1-29(2,3)39-13-20-24(26(40)41)37(7-8-38(20)28(39)43)12-19-21(27(42)44-4)22(16-6-5-14(31)9-17(16)30)36-25(35-19)23-18(33)10-15(32)11-34-23/h5-6,9-11,20,22,24H,7-8,12-13H2,1-4H3,(H,35,36)(H,40,41)/t20?,22-,24?/m0/s1. The Morgan fingerprint density at radius 3 is 2.50 bits per heavy atom. The molecule has 2 N–H and O–H groups in total. The van der Waals surface area contributed by atoms with E-state index in [0.29, 0.717) is 6.07 Å². The number of aliphatic imine (C=N–C) groups is 1. The van der Waals surface area contributed by atoms with Crippen molar-refractivity contribution in [1.29, 1.82) is 0 Å². The van der Waals surface area contributed by atoms with Gasteiger partial charge < -0.3 is 25.0 Å². The van der Waals surface area contributed by atoms with Crippen molar-refractivity contribution in [2.45, 2.75) is 44.4 Å². The van der Waals surface area contributed by atoms with E-state index < -0.39 is 53.1 Å². The molecule has 0 spiro atoms. The molecule has 2 fully saturated rings. The number of hydrogen-bond acceptors (Lipinski definition) is 8. The van der Waals surface area contributed by atoms with Crippen LogP contribution in [0.3, 0.4) is 0 Å². The Hall–Kier alpha value is -4.17. The van der Waals surface area contributed by atoms with E-state index in [1.165, 1.54) is 11.0 Å².